The van der Waals surface area contributed by atoms with Gasteiger partial charge in [0.1, 0.15) is 22.2 Å². The fourth-order valence-corrected chi connectivity index (χ4v) is 4.44. The average Bonchev–Trinajstić information content (AvgIpc) is 3.34. The summed E-state index contributed by atoms with van der Waals surface area (Å²) in [5, 5.41) is 4.96. The Morgan fingerprint density at radius 2 is 2.00 bits per heavy atom. The molecule has 0 saturated carbocycles. The zero-order valence-corrected chi connectivity index (χ0v) is 17.7. The number of rotatable bonds is 6. The largest absolute Gasteiger partial charge is 0.486 e. The Hall–Kier alpha value is -2.57. The number of aromatic nitrogens is 1. The van der Waals surface area contributed by atoms with E-state index in [0.29, 0.717) is 23.1 Å². The van der Waals surface area contributed by atoms with Crippen LogP contribution in [0.15, 0.2) is 54.6 Å². The number of halogens is 1. The Labute approximate surface area is 179 Å². The van der Waals surface area contributed by atoms with Gasteiger partial charge in [0, 0.05) is 29.8 Å². The van der Waals surface area contributed by atoms with Crippen LogP contribution in [0.25, 0.3) is 0 Å². The number of anilines is 1. The number of para-hydroxylation sites is 1. The molecule has 2 heterocycles. The van der Waals surface area contributed by atoms with Gasteiger partial charge in [0.05, 0.1) is 5.69 Å². The van der Waals surface area contributed by atoms with Crippen molar-refractivity contribution in [1.82, 2.24) is 9.88 Å². The molecule has 1 amide bonds. The van der Waals surface area contributed by atoms with Crippen LogP contribution in [-0.2, 0) is 6.61 Å². The molecule has 3 aromatic rings. The zero-order chi connectivity index (χ0) is 20.2. The Balaban J connectivity index is 1.36. The topological polar surface area (TPSA) is 54.5 Å². The van der Waals surface area contributed by atoms with E-state index in [1.807, 2.05) is 54.3 Å². The molecule has 150 valence electrons. The molecule has 0 aliphatic carbocycles. The number of aryl methyl sites for hydroxylation is 1. The maximum absolute atomic E-state index is 13.0. The first-order valence-electron chi connectivity index (χ1n) is 9.54. The molecule has 2 aromatic carbocycles. The summed E-state index contributed by atoms with van der Waals surface area (Å²) < 4.78 is 5.76. The number of hydrogen-bond donors (Lipinski definition) is 1. The Kier molecular flexibility index (Phi) is 6.02. The summed E-state index contributed by atoms with van der Waals surface area (Å²) >= 11 is 7.30. The molecular formula is C22H22ClN3O2S. The second kappa shape index (κ2) is 8.84. The second-order valence-corrected chi connectivity index (χ2v) is 8.53. The number of carbonyl (C=O) groups excluding carboxylic acids is 1. The van der Waals surface area contributed by atoms with Crippen molar-refractivity contribution in [3.63, 3.8) is 0 Å². The molecule has 1 N–H and O–H groups in total. The lowest BCUT2D eigenvalue weighted by atomic mass is 10.2. The van der Waals surface area contributed by atoms with E-state index in [4.69, 9.17) is 16.3 Å². The summed E-state index contributed by atoms with van der Waals surface area (Å²) in [7, 11) is 0. The van der Waals surface area contributed by atoms with Crippen LogP contribution in [0.5, 0.6) is 5.75 Å². The minimum atomic E-state index is 0.0510. The van der Waals surface area contributed by atoms with Gasteiger partial charge in [-0.05, 0) is 49.7 Å². The second-order valence-electron chi connectivity index (χ2n) is 7.01. The molecule has 1 aromatic heterocycles. The number of thiazole rings is 1. The van der Waals surface area contributed by atoms with Gasteiger partial charge >= 0.3 is 0 Å². The predicted octanol–water partition coefficient (Wildman–Crippen LogP) is 5.01. The highest BCUT2D eigenvalue weighted by Crippen LogP contribution is 2.25. The van der Waals surface area contributed by atoms with E-state index in [9.17, 15) is 4.79 Å². The van der Waals surface area contributed by atoms with Gasteiger partial charge in [0.2, 0.25) is 0 Å². The van der Waals surface area contributed by atoms with Crippen LogP contribution in [-0.4, -0.2) is 34.9 Å². The first-order valence-corrected chi connectivity index (χ1v) is 10.7. The van der Waals surface area contributed by atoms with Gasteiger partial charge in [0.15, 0.2) is 0 Å². The molecule has 0 radical (unpaired) electrons. The zero-order valence-electron chi connectivity index (χ0n) is 16.1. The molecule has 1 fully saturated rings. The first-order chi connectivity index (χ1) is 14.1. The molecule has 0 spiro atoms. The van der Waals surface area contributed by atoms with Crippen LogP contribution in [0.1, 0.15) is 26.8 Å². The number of benzene rings is 2. The van der Waals surface area contributed by atoms with Crippen molar-refractivity contribution < 1.29 is 9.53 Å². The van der Waals surface area contributed by atoms with E-state index in [1.165, 1.54) is 11.3 Å². The van der Waals surface area contributed by atoms with Crippen LogP contribution >= 0.6 is 22.9 Å². The molecule has 1 unspecified atom stereocenters. The van der Waals surface area contributed by atoms with Gasteiger partial charge in [0.25, 0.3) is 5.91 Å². The van der Waals surface area contributed by atoms with Crippen molar-refractivity contribution >= 4 is 34.5 Å². The lowest BCUT2D eigenvalue weighted by Gasteiger charge is -2.17. The van der Waals surface area contributed by atoms with Gasteiger partial charge in [-0.1, -0.05) is 29.8 Å². The smallest absolute Gasteiger partial charge is 0.265 e. The Morgan fingerprint density at radius 1 is 1.24 bits per heavy atom. The predicted molar refractivity (Wildman–Crippen MR) is 117 cm³/mol. The van der Waals surface area contributed by atoms with Crippen LogP contribution in [0.3, 0.4) is 0 Å². The van der Waals surface area contributed by atoms with Crippen molar-refractivity contribution in [2.24, 2.45) is 0 Å². The molecule has 1 atom stereocenters. The number of hydrogen-bond acceptors (Lipinski definition) is 5. The van der Waals surface area contributed by atoms with Crippen LogP contribution < -0.4 is 10.1 Å². The minimum absolute atomic E-state index is 0.0510. The van der Waals surface area contributed by atoms with Crippen molar-refractivity contribution in [3.8, 4) is 5.75 Å². The van der Waals surface area contributed by atoms with Gasteiger partial charge in [-0.3, -0.25) is 4.79 Å². The summed E-state index contributed by atoms with van der Waals surface area (Å²) in [5.74, 6) is 0.777. The number of likely N-dealkylation sites (tertiary alicyclic amines) is 1. The van der Waals surface area contributed by atoms with Crippen LogP contribution in [0, 0.1) is 6.92 Å². The fourth-order valence-electron chi connectivity index (χ4n) is 3.36. The molecule has 1 aliphatic rings. The Bertz CT molecular complexity index is 975. The van der Waals surface area contributed by atoms with Gasteiger partial charge in [-0.25, -0.2) is 4.98 Å². The van der Waals surface area contributed by atoms with Crippen molar-refractivity contribution in [1.29, 1.82) is 0 Å². The summed E-state index contributed by atoms with van der Waals surface area (Å²) in [6.45, 7) is 3.66. The molecular weight excluding hydrogens is 406 g/mol. The maximum atomic E-state index is 13.0. The standard InChI is InChI=1S/C22H22ClN3O2S/c1-15-21(29-20(24-15)14-28-19-9-7-16(23)8-10-19)22(27)26-12-11-18(13-26)25-17-5-3-2-4-6-17/h2-10,18,25H,11-14H2,1H3. The van der Waals surface area contributed by atoms with Crippen LogP contribution in [0.4, 0.5) is 5.69 Å². The molecule has 29 heavy (non-hydrogen) atoms. The number of nitrogens with one attached hydrogen (secondary N) is 1. The molecule has 5 nitrogen and oxygen atoms in total. The average molecular weight is 428 g/mol. The van der Waals surface area contributed by atoms with Crippen molar-refractivity contribution in [3.05, 3.63) is 75.2 Å². The number of ether oxygens (including phenoxy) is 1. The summed E-state index contributed by atoms with van der Waals surface area (Å²) in [6.07, 6.45) is 0.936. The van der Waals surface area contributed by atoms with E-state index in [1.54, 1.807) is 12.1 Å². The third-order valence-corrected chi connectivity index (χ3v) is 6.20. The highest BCUT2D eigenvalue weighted by Gasteiger charge is 2.29. The highest BCUT2D eigenvalue weighted by atomic mass is 35.5. The molecule has 4 rings (SSSR count). The van der Waals surface area contributed by atoms with Gasteiger partial charge in [-0.2, -0.15) is 0 Å². The normalized spacial score (nSPS) is 16.1. The Morgan fingerprint density at radius 3 is 2.76 bits per heavy atom. The summed E-state index contributed by atoms with van der Waals surface area (Å²) in [4.78, 5) is 20.1. The molecule has 0 bridgehead atoms. The lowest BCUT2D eigenvalue weighted by Crippen LogP contribution is -2.31. The van der Waals surface area contributed by atoms with E-state index in [2.05, 4.69) is 10.3 Å². The van der Waals surface area contributed by atoms with E-state index >= 15 is 0 Å². The van der Waals surface area contributed by atoms with Gasteiger partial charge in [-0.15, -0.1) is 11.3 Å². The van der Waals surface area contributed by atoms with E-state index in [0.717, 1.165) is 35.1 Å². The molecule has 1 aliphatic heterocycles. The lowest BCUT2D eigenvalue weighted by molar-refractivity contribution is 0.0795. The highest BCUT2D eigenvalue weighted by molar-refractivity contribution is 7.13. The molecule has 7 heteroatoms. The van der Waals surface area contributed by atoms with Gasteiger partial charge < -0.3 is 15.0 Å². The monoisotopic (exact) mass is 427 g/mol. The van der Waals surface area contributed by atoms with Crippen LogP contribution in [0.2, 0.25) is 5.02 Å². The first kappa shape index (κ1) is 19.7. The van der Waals surface area contributed by atoms with Crippen molar-refractivity contribution in [2.75, 3.05) is 18.4 Å². The minimum Gasteiger partial charge on any atom is -0.486 e. The number of carbonyl (C=O) groups is 1. The summed E-state index contributed by atoms with van der Waals surface area (Å²) in [5.41, 5.74) is 1.84. The fraction of sp³-hybridized carbons (Fsp3) is 0.273. The SMILES string of the molecule is Cc1nc(COc2ccc(Cl)cc2)sc1C(=O)N1CCC(Nc2ccccc2)C1. The summed E-state index contributed by atoms with van der Waals surface area (Å²) in [6, 6.07) is 17.6. The molecule has 1 saturated heterocycles. The quantitative estimate of drug-likeness (QED) is 0.600. The third-order valence-electron chi connectivity index (χ3n) is 4.83. The number of amides is 1. The van der Waals surface area contributed by atoms with E-state index < -0.39 is 0 Å². The third kappa shape index (κ3) is 4.89. The maximum Gasteiger partial charge on any atom is 0.265 e. The number of nitrogens with zero attached hydrogens (tertiary/aromatic N) is 2. The van der Waals surface area contributed by atoms with Crippen molar-refractivity contribution in [2.45, 2.75) is 26.0 Å². The van der Waals surface area contributed by atoms with E-state index in [-0.39, 0.29) is 11.9 Å².